The number of carbonyl (C=O) groups excluding carboxylic acids is 1. The largest absolute Gasteiger partial charge is 0.346 e. The van der Waals surface area contributed by atoms with Gasteiger partial charge in [-0.05, 0) is 43.2 Å². The first-order valence-corrected chi connectivity index (χ1v) is 9.75. The molecule has 0 aliphatic carbocycles. The van der Waals surface area contributed by atoms with Gasteiger partial charge in [0.25, 0.3) is 0 Å². The lowest BCUT2D eigenvalue weighted by atomic mass is 9.95. The van der Waals surface area contributed by atoms with E-state index in [9.17, 15) is 4.79 Å². The van der Waals surface area contributed by atoms with Crippen LogP contribution in [0.4, 0.5) is 5.13 Å². The number of aromatic nitrogens is 2. The molecule has 1 fully saturated rings. The minimum atomic E-state index is 0.0909. The van der Waals surface area contributed by atoms with Gasteiger partial charge in [0.1, 0.15) is 5.82 Å². The highest BCUT2D eigenvalue weighted by Crippen LogP contribution is 2.29. The van der Waals surface area contributed by atoms with Crippen LogP contribution in [-0.4, -0.2) is 39.8 Å². The summed E-state index contributed by atoms with van der Waals surface area (Å²) in [7, 11) is 0. The highest BCUT2D eigenvalue weighted by Gasteiger charge is 2.32. The first kappa shape index (κ1) is 15.1. The zero-order valence-corrected chi connectivity index (χ0v) is 14.8. The second-order valence-corrected chi connectivity index (χ2v) is 8.02. The van der Waals surface area contributed by atoms with Crippen molar-refractivity contribution >= 4 is 33.9 Å². The van der Waals surface area contributed by atoms with Crippen molar-refractivity contribution in [3.63, 3.8) is 0 Å². The molecule has 5 nitrogen and oxygen atoms in total. The lowest BCUT2D eigenvalue weighted by molar-refractivity contribution is -0.136. The monoisotopic (exact) mass is 348 g/mol. The highest BCUT2D eigenvalue weighted by atomic mass is 32.1. The van der Waals surface area contributed by atoms with Crippen LogP contribution in [0.15, 0.2) is 11.4 Å². The van der Waals surface area contributed by atoms with Gasteiger partial charge in [0.15, 0.2) is 0 Å². The molecule has 2 aliphatic rings. The summed E-state index contributed by atoms with van der Waals surface area (Å²) < 4.78 is 4.27. The Morgan fingerprint density at radius 1 is 1.39 bits per heavy atom. The molecular formula is C16H20N4OS2. The lowest BCUT2D eigenvalue weighted by Crippen LogP contribution is -2.46. The smallest absolute Gasteiger partial charge is 0.227 e. The second-order valence-electron chi connectivity index (χ2n) is 6.29. The van der Waals surface area contributed by atoms with Gasteiger partial charge < -0.3 is 9.80 Å². The number of piperidine rings is 1. The van der Waals surface area contributed by atoms with Crippen molar-refractivity contribution in [3.05, 3.63) is 27.7 Å². The fraction of sp³-hybridized carbons (Fsp3) is 0.562. The lowest BCUT2D eigenvalue weighted by Gasteiger charge is -2.36. The molecular weight excluding hydrogens is 328 g/mol. The van der Waals surface area contributed by atoms with Crippen LogP contribution in [0.2, 0.25) is 0 Å². The van der Waals surface area contributed by atoms with Crippen molar-refractivity contribution < 1.29 is 4.79 Å². The average molecular weight is 348 g/mol. The third-order valence-electron chi connectivity index (χ3n) is 4.68. The Morgan fingerprint density at radius 2 is 2.30 bits per heavy atom. The molecule has 4 rings (SSSR count). The number of carbonyl (C=O) groups is 1. The maximum absolute atomic E-state index is 12.9. The fourth-order valence-corrected chi connectivity index (χ4v) is 5.06. The topological polar surface area (TPSA) is 49.3 Å². The normalized spacial score (nSPS) is 21.3. The van der Waals surface area contributed by atoms with Crippen LogP contribution in [0.5, 0.6) is 0 Å². The van der Waals surface area contributed by atoms with E-state index in [0.717, 1.165) is 56.4 Å². The molecule has 4 heterocycles. The highest BCUT2D eigenvalue weighted by molar-refractivity contribution is 7.10. The van der Waals surface area contributed by atoms with Crippen molar-refractivity contribution in [2.24, 2.45) is 5.92 Å². The number of hydrogen-bond acceptors (Lipinski definition) is 6. The van der Waals surface area contributed by atoms with E-state index in [-0.39, 0.29) is 5.92 Å². The van der Waals surface area contributed by atoms with Crippen molar-refractivity contribution in [1.82, 2.24) is 14.3 Å². The summed E-state index contributed by atoms with van der Waals surface area (Å²) in [5.41, 5.74) is 1.34. The van der Waals surface area contributed by atoms with Crippen molar-refractivity contribution in [2.45, 2.75) is 32.7 Å². The van der Waals surface area contributed by atoms with E-state index in [2.05, 4.69) is 30.6 Å². The van der Waals surface area contributed by atoms with E-state index in [1.807, 2.05) is 18.3 Å². The molecule has 23 heavy (non-hydrogen) atoms. The average Bonchev–Trinajstić information content (AvgIpc) is 3.22. The molecule has 1 amide bonds. The van der Waals surface area contributed by atoms with E-state index in [0.29, 0.717) is 5.91 Å². The maximum Gasteiger partial charge on any atom is 0.227 e. The number of nitrogens with zero attached hydrogens (tertiary/aromatic N) is 4. The van der Waals surface area contributed by atoms with Crippen molar-refractivity contribution in [1.29, 1.82) is 0 Å². The van der Waals surface area contributed by atoms with Gasteiger partial charge in [0.05, 0.1) is 5.92 Å². The predicted molar refractivity (Wildman–Crippen MR) is 93.0 cm³/mol. The van der Waals surface area contributed by atoms with E-state index >= 15 is 0 Å². The zero-order chi connectivity index (χ0) is 15.8. The Bertz CT molecular complexity index is 711. The Morgan fingerprint density at radius 3 is 3.13 bits per heavy atom. The molecule has 0 saturated carbocycles. The van der Waals surface area contributed by atoms with E-state index < -0.39 is 0 Å². The molecule has 7 heteroatoms. The Labute approximate surface area is 144 Å². The Hall–Kier alpha value is -1.47. The molecule has 0 aromatic carbocycles. The summed E-state index contributed by atoms with van der Waals surface area (Å²) in [6.45, 7) is 5.32. The van der Waals surface area contributed by atoms with Gasteiger partial charge in [0.2, 0.25) is 11.0 Å². The maximum atomic E-state index is 12.9. The summed E-state index contributed by atoms with van der Waals surface area (Å²) in [5.74, 6) is 1.22. The Balaban J connectivity index is 1.44. The summed E-state index contributed by atoms with van der Waals surface area (Å²) in [5, 5.41) is 3.09. The van der Waals surface area contributed by atoms with Crippen LogP contribution in [0.1, 0.15) is 29.1 Å². The number of aryl methyl sites for hydroxylation is 1. The van der Waals surface area contributed by atoms with Gasteiger partial charge >= 0.3 is 0 Å². The van der Waals surface area contributed by atoms with Crippen LogP contribution in [0.25, 0.3) is 0 Å². The standard InChI is InChI=1S/C16H20N4OS2/c1-11-17-16(23-18-11)20-6-2-3-13(10-20)15(21)19-7-4-14-12(9-19)5-8-22-14/h5,8,13H,2-4,6-7,9-10H2,1H3. The van der Waals surface area contributed by atoms with E-state index in [4.69, 9.17) is 0 Å². The summed E-state index contributed by atoms with van der Waals surface area (Å²) in [6, 6.07) is 2.16. The number of amides is 1. The van der Waals surface area contributed by atoms with Crippen molar-refractivity contribution in [3.8, 4) is 0 Å². The molecule has 0 spiro atoms. The number of hydrogen-bond donors (Lipinski definition) is 0. The first-order chi connectivity index (χ1) is 11.2. The minimum Gasteiger partial charge on any atom is -0.346 e. The number of fused-ring (bicyclic) bond motifs is 1. The second kappa shape index (κ2) is 6.20. The van der Waals surface area contributed by atoms with Crippen LogP contribution in [0.3, 0.4) is 0 Å². The SMILES string of the molecule is Cc1nsc(N2CCCC(C(=O)N3CCc4sccc4C3)C2)n1. The van der Waals surface area contributed by atoms with Gasteiger partial charge in [-0.25, -0.2) is 4.98 Å². The van der Waals surface area contributed by atoms with Gasteiger partial charge in [-0.1, -0.05) is 0 Å². The quantitative estimate of drug-likeness (QED) is 0.837. The van der Waals surface area contributed by atoms with Crippen LogP contribution in [-0.2, 0) is 17.8 Å². The summed E-state index contributed by atoms with van der Waals surface area (Å²) in [4.78, 5) is 23.1. The zero-order valence-electron chi connectivity index (χ0n) is 13.2. The van der Waals surface area contributed by atoms with Gasteiger partial charge in [0, 0.05) is 42.6 Å². The summed E-state index contributed by atoms with van der Waals surface area (Å²) >= 11 is 3.25. The number of rotatable bonds is 2. The molecule has 0 bridgehead atoms. The third kappa shape index (κ3) is 2.99. The Kier molecular flexibility index (Phi) is 4.07. The molecule has 1 saturated heterocycles. The minimum absolute atomic E-state index is 0.0909. The molecule has 2 aliphatic heterocycles. The predicted octanol–water partition coefficient (Wildman–Crippen LogP) is 2.71. The van der Waals surface area contributed by atoms with Crippen LogP contribution >= 0.6 is 22.9 Å². The molecule has 2 aromatic heterocycles. The number of anilines is 1. The fourth-order valence-electron chi connectivity index (χ4n) is 3.46. The first-order valence-electron chi connectivity index (χ1n) is 8.10. The van der Waals surface area contributed by atoms with Gasteiger partial charge in [-0.2, -0.15) is 4.37 Å². The van der Waals surface area contributed by atoms with Gasteiger partial charge in [-0.3, -0.25) is 4.79 Å². The molecule has 0 radical (unpaired) electrons. The molecule has 1 unspecified atom stereocenters. The van der Waals surface area contributed by atoms with E-state index in [1.165, 1.54) is 22.0 Å². The molecule has 2 aromatic rings. The van der Waals surface area contributed by atoms with E-state index in [1.54, 1.807) is 0 Å². The van der Waals surface area contributed by atoms with Crippen LogP contribution < -0.4 is 4.90 Å². The van der Waals surface area contributed by atoms with Gasteiger partial charge in [-0.15, -0.1) is 11.3 Å². The number of thiophene rings is 1. The molecule has 1 atom stereocenters. The summed E-state index contributed by atoms with van der Waals surface area (Å²) in [6.07, 6.45) is 3.04. The van der Waals surface area contributed by atoms with Crippen molar-refractivity contribution in [2.75, 3.05) is 24.5 Å². The third-order valence-corrected chi connectivity index (χ3v) is 6.57. The molecule has 122 valence electrons. The molecule has 0 N–H and O–H groups in total. The van der Waals surface area contributed by atoms with Crippen LogP contribution in [0, 0.1) is 12.8 Å².